The van der Waals surface area contributed by atoms with Crippen LogP contribution in [-0.4, -0.2) is 36.0 Å². The van der Waals surface area contributed by atoms with E-state index in [-0.39, 0.29) is 6.54 Å². The first-order valence-corrected chi connectivity index (χ1v) is 9.73. The maximum absolute atomic E-state index is 13.2. The van der Waals surface area contributed by atoms with Crippen molar-refractivity contribution in [1.82, 2.24) is 10.2 Å². The smallest absolute Gasteiger partial charge is 0.372 e. The number of aromatic nitrogens is 2. The van der Waals surface area contributed by atoms with Gasteiger partial charge in [0.25, 0.3) is 0 Å². The van der Waals surface area contributed by atoms with E-state index in [9.17, 15) is 13.2 Å². The number of hydrogen-bond donors (Lipinski definition) is 1. The summed E-state index contributed by atoms with van der Waals surface area (Å²) in [4.78, 5) is 3.63. The minimum Gasteiger partial charge on any atom is -0.372 e. The van der Waals surface area contributed by atoms with Gasteiger partial charge in [-0.3, -0.25) is 5.10 Å². The topological polar surface area (TPSA) is 35.2 Å². The summed E-state index contributed by atoms with van der Waals surface area (Å²) in [6, 6.07) is 13.8. The third-order valence-electron chi connectivity index (χ3n) is 5.39. The van der Waals surface area contributed by atoms with Crippen molar-refractivity contribution < 1.29 is 13.2 Å². The molecule has 0 radical (unpaired) electrons. The Morgan fingerprint density at radius 3 is 2.38 bits per heavy atom. The summed E-state index contributed by atoms with van der Waals surface area (Å²) in [5.74, 6) is 0. The van der Waals surface area contributed by atoms with Crippen molar-refractivity contribution in [1.29, 1.82) is 0 Å². The first-order chi connectivity index (χ1) is 13.9. The van der Waals surface area contributed by atoms with Crippen LogP contribution in [0.4, 0.5) is 24.5 Å². The standard InChI is InChI=1S/C22H23F3N4/c1-3-28(4-2)18-8-5-15(6-9-18)16-7-10-19-20(11-16)29(14-22(23,24)25)13-17-12-26-27-21(17)19/h5-12H,3-4,13-14H2,1-2H3,(H,26,27). The van der Waals surface area contributed by atoms with Gasteiger partial charge in [0.05, 0.1) is 11.9 Å². The number of benzene rings is 2. The van der Waals surface area contributed by atoms with Gasteiger partial charge >= 0.3 is 6.18 Å². The van der Waals surface area contributed by atoms with Crippen LogP contribution in [0, 0.1) is 0 Å². The summed E-state index contributed by atoms with van der Waals surface area (Å²) in [5, 5.41) is 6.94. The van der Waals surface area contributed by atoms with Crippen LogP contribution in [0.25, 0.3) is 22.4 Å². The van der Waals surface area contributed by atoms with Crippen molar-refractivity contribution >= 4 is 11.4 Å². The summed E-state index contributed by atoms with van der Waals surface area (Å²) < 4.78 is 39.5. The van der Waals surface area contributed by atoms with Gasteiger partial charge in [-0.1, -0.05) is 24.3 Å². The zero-order valence-corrected chi connectivity index (χ0v) is 16.4. The maximum atomic E-state index is 13.2. The lowest BCUT2D eigenvalue weighted by Crippen LogP contribution is -2.35. The molecule has 1 aliphatic rings. The maximum Gasteiger partial charge on any atom is 0.405 e. The number of nitrogens with zero attached hydrogens (tertiary/aromatic N) is 3. The predicted octanol–water partition coefficient (Wildman–Crippen LogP) is 5.47. The highest BCUT2D eigenvalue weighted by Gasteiger charge is 2.34. The molecule has 0 fully saturated rings. The van der Waals surface area contributed by atoms with Gasteiger partial charge in [-0.15, -0.1) is 0 Å². The van der Waals surface area contributed by atoms with E-state index >= 15 is 0 Å². The number of aromatic amines is 1. The third kappa shape index (κ3) is 3.81. The fourth-order valence-electron chi connectivity index (χ4n) is 3.95. The second kappa shape index (κ2) is 7.46. The molecule has 2 aromatic carbocycles. The SMILES string of the molecule is CCN(CC)c1ccc(-c2ccc3c(c2)N(CC(F)(F)F)Cc2cn[nH]c2-3)cc1. The van der Waals surface area contributed by atoms with Crippen LogP contribution in [0.1, 0.15) is 19.4 Å². The van der Waals surface area contributed by atoms with E-state index in [0.29, 0.717) is 5.69 Å². The number of anilines is 2. The highest BCUT2D eigenvalue weighted by atomic mass is 19.4. The van der Waals surface area contributed by atoms with E-state index in [1.807, 2.05) is 30.3 Å². The van der Waals surface area contributed by atoms with Crippen LogP contribution in [0.5, 0.6) is 0 Å². The lowest BCUT2D eigenvalue weighted by Gasteiger charge is -2.32. The molecular weight excluding hydrogens is 377 g/mol. The fraction of sp³-hybridized carbons (Fsp3) is 0.318. The normalized spacial score (nSPS) is 13.2. The Bertz CT molecular complexity index is 988. The molecule has 29 heavy (non-hydrogen) atoms. The second-order valence-electron chi connectivity index (χ2n) is 7.19. The number of halogens is 3. The highest BCUT2D eigenvalue weighted by molar-refractivity contribution is 5.85. The minimum absolute atomic E-state index is 0.183. The molecule has 0 aliphatic carbocycles. The van der Waals surface area contributed by atoms with Gasteiger partial charge in [-0.25, -0.2) is 0 Å². The van der Waals surface area contributed by atoms with Crippen molar-refractivity contribution in [2.75, 3.05) is 29.4 Å². The summed E-state index contributed by atoms with van der Waals surface area (Å²) in [6.07, 6.45) is -2.68. The molecule has 0 saturated carbocycles. The molecule has 0 saturated heterocycles. The van der Waals surface area contributed by atoms with Gasteiger partial charge in [0, 0.05) is 42.1 Å². The van der Waals surface area contributed by atoms with Crippen LogP contribution in [0.15, 0.2) is 48.7 Å². The van der Waals surface area contributed by atoms with Crippen molar-refractivity contribution in [3.8, 4) is 22.4 Å². The highest BCUT2D eigenvalue weighted by Crippen LogP contribution is 2.41. The van der Waals surface area contributed by atoms with Crippen molar-refractivity contribution in [2.45, 2.75) is 26.6 Å². The van der Waals surface area contributed by atoms with Gasteiger partial charge < -0.3 is 9.80 Å². The lowest BCUT2D eigenvalue weighted by atomic mass is 9.95. The second-order valence-corrected chi connectivity index (χ2v) is 7.19. The Morgan fingerprint density at radius 1 is 1.03 bits per heavy atom. The van der Waals surface area contributed by atoms with Crippen LogP contribution in [0.3, 0.4) is 0 Å². The van der Waals surface area contributed by atoms with Gasteiger partial charge in [-0.2, -0.15) is 18.3 Å². The average Bonchev–Trinajstić information content (AvgIpc) is 3.17. The van der Waals surface area contributed by atoms with Gasteiger partial charge in [0.2, 0.25) is 0 Å². The van der Waals surface area contributed by atoms with Crippen LogP contribution in [-0.2, 0) is 6.54 Å². The zero-order chi connectivity index (χ0) is 20.6. The number of H-pyrrole nitrogens is 1. The summed E-state index contributed by atoms with van der Waals surface area (Å²) in [6.45, 7) is 5.26. The first kappa shape index (κ1) is 19.4. The molecule has 152 valence electrons. The molecule has 4 nitrogen and oxygen atoms in total. The monoisotopic (exact) mass is 400 g/mol. The van der Waals surface area contributed by atoms with Crippen LogP contribution >= 0.6 is 0 Å². The number of hydrogen-bond acceptors (Lipinski definition) is 3. The van der Waals surface area contributed by atoms with E-state index < -0.39 is 12.7 Å². The van der Waals surface area contributed by atoms with Gasteiger partial charge in [0.1, 0.15) is 6.54 Å². The molecule has 0 unspecified atom stereocenters. The molecular formula is C22H23F3N4. The Kier molecular flexibility index (Phi) is 4.98. The van der Waals surface area contributed by atoms with E-state index in [1.165, 1.54) is 4.90 Å². The average molecular weight is 400 g/mol. The van der Waals surface area contributed by atoms with Crippen molar-refractivity contribution in [3.63, 3.8) is 0 Å². The fourth-order valence-corrected chi connectivity index (χ4v) is 3.95. The molecule has 2 heterocycles. The van der Waals surface area contributed by atoms with E-state index in [0.717, 1.165) is 46.7 Å². The number of alkyl halides is 3. The van der Waals surface area contributed by atoms with Crippen LogP contribution < -0.4 is 9.80 Å². The quantitative estimate of drug-likeness (QED) is 0.617. The Morgan fingerprint density at radius 2 is 1.72 bits per heavy atom. The first-order valence-electron chi connectivity index (χ1n) is 9.73. The van der Waals surface area contributed by atoms with Gasteiger partial charge in [0.15, 0.2) is 0 Å². The Labute approximate surface area is 168 Å². The number of rotatable bonds is 5. The molecule has 7 heteroatoms. The van der Waals surface area contributed by atoms with Crippen molar-refractivity contribution in [3.05, 3.63) is 54.2 Å². The summed E-state index contributed by atoms with van der Waals surface area (Å²) >= 11 is 0. The molecule has 0 bridgehead atoms. The molecule has 1 aliphatic heterocycles. The molecule has 1 N–H and O–H groups in total. The third-order valence-corrected chi connectivity index (χ3v) is 5.39. The van der Waals surface area contributed by atoms with E-state index in [2.05, 4.69) is 41.1 Å². The summed E-state index contributed by atoms with van der Waals surface area (Å²) in [7, 11) is 0. The molecule has 1 aromatic heterocycles. The molecule has 0 amide bonds. The number of fused-ring (bicyclic) bond motifs is 3. The van der Waals surface area contributed by atoms with Crippen LogP contribution in [0.2, 0.25) is 0 Å². The van der Waals surface area contributed by atoms with E-state index in [1.54, 1.807) is 6.20 Å². The largest absolute Gasteiger partial charge is 0.405 e. The lowest BCUT2D eigenvalue weighted by molar-refractivity contribution is -0.119. The Balaban J connectivity index is 1.72. The van der Waals surface area contributed by atoms with Gasteiger partial charge in [-0.05, 0) is 43.2 Å². The minimum atomic E-state index is -4.28. The zero-order valence-electron chi connectivity index (χ0n) is 16.4. The molecule has 0 spiro atoms. The summed E-state index contributed by atoms with van der Waals surface area (Å²) in [5.41, 5.74) is 5.90. The van der Waals surface area contributed by atoms with E-state index in [4.69, 9.17) is 0 Å². The molecule has 3 aromatic rings. The number of nitrogens with one attached hydrogen (secondary N) is 1. The Hall–Kier alpha value is -2.96. The molecule has 4 rings (SSSR count). The van der Waals surface area contributed by atoms with Crippen molar-refractivity contribution in [2.24, 2.45) is 0 Å². The predicted molar refractivity (Wildman–Crippen MR) is 110 cm³/mol. The molecule has 0 atom stereocenters.